The molecule has 0 aromatic heterocycles. The molecule has 3 heteroatoms. The maximum atomic E-state index is 8.40. The first-order valence-electron chi connectivity index (χ1n) is 1.20. The SMILES string of the molecule is CC(O)[I-]I. The Balaban J connectivity index is 2.54. The van der Waals surface area contributed by atoms with Crippen molar-refractivity contribution in [3.05, 3.63) is 0 Å². The molecule has 1 unspecified atom stereocenters. The van der Waals surface area contributed by atoms with E-state index in [9.17, 15) is 0 Å². The quantitative estimate of drug-likeness (QED) is 0.429. The van der Waals surface area contributed by atoms with Crippen LogP contribution in [0, 0.1) is 0 Å². The Bertz CT molecular complexity index is 21.6. The predicted molar refractivity (Wildman–Crippen MR) is 25.7 cm³/mol. The molecule has 0 aliphatic carbocycles. The predicted octanol–water partition coefficient (Wildman–Crippen LogP) is -2.24. The van der Waals surface area contributed by atoms with E-state index in [0.717, 1.165) is 0 Å². The Morgan fingerprint density at radius 2 is 2.20 bits per heavy atom. The molecule has 0 saturated heterocycles. The summed E-state index contributed by atoms with van der Waals surface area (Å²) < 4.78 is -0.0191. The molecule has 0 fully saturated rings. The first-order valence-corrected chi connectivity index (χ1v) is 8.73. The molecule has 1 N–H and O–H groups in total. The van der Waals surface area contributed by atoms with Gasteiger partial charge in [-0.25, -0.2) is 0 Å². The van der Waals surface area contributed by atoms with Gasteiger partial charge in [-0.05, 0) is 0 Å². The van der Waals surface area contributed by atoms with Gasteiger partial charge in [-0.2, -0.15) is 0 Å². The third kappa shape index (κ3) is 5.42. The molecule has 5 heavy (non-hydrogen) atoms. The van der Waals surface area contributed by atoms with E-state index in [1.165, 1.54) is 0 Å². The fourth-order valence-electron chi connectivity index (χ4n) is 0. The summed E-state index contributed by atoms with van der Waals surface area (Å²) >= 11 is 2.31. The van der Waals surface area contributed by atoms with Crippen molar-refractivity contribution in [3.8, 4) is 0 Å². The molecule has 1 atom stereocenters. The summed E-state index contributed by atoms with van der Waals surface area (Å²) in [6.45, 7) is 1.82. The van der Waals surface area contributed by atoms with Gasteiger partial charge in [0.2, 0.25) is 0 Å². The molecule has 0 spiro atoms. The van der Waals surface area contributed by atoms with Crippen molar-refractivity contribution >= 4 is 18.6 Å². The molecule has 0 rings (SSSR count). The second-order valence-electron chi connectivity index (χ2n) is 0.656. The Kier molecular flexibility index (Phi) is 4.63. The van der Waals surface area contributed by atoms with Crippen LogP contribution in [0.15, 0.2) is 0 Å². The maximum absolute atomic E-state index is 8.40. The van der Waals surface area contributed by atoms with E-state index in [-0.39, 0.29) is 21.3 Å². The van der Waals surface area contributed by atoms with E-state index in [0.29, 0.717) is 0 Å². The van der Waals surface area contributed by atoms with Crippen LogP contribution in [-0.4, -0.2) is 9.22 Å². The van der Waals surface area contributed by atoms with Crippen LogP contribution in [0.1, 0.15) is 6.92 Å². The number of rotatable bonds is 1. The first kappa shape index (κ1) is 6.42. The molecule has 0 bridgehead atoms. The monoisotopic (exact) mass is 299 g/mol. The number of alkyl halides is 1. The van der Waals surface area contributed by atoms with Crippen LogP contribution in [0.3, 0.4) is 0 Å². The van der Waals surface area contributed by atoms with Crippen molar-refractivity contribution in [2.75, 3.05) is 0 Å². The standard InChI is InChI=1S/C2H5I2O/c1-2(5)4-3/h2,5H,1H3/q-1. The minimum atomic E-state index is -0.0191. The van der Waals surface area contributed by atoms with Crippen LogP contribution in [0.5, 0.6) is 0 Å². The molecule has 1 nitrogen and oxygen atoms in total. The van der Waals surface area contributed by atoms with E-state index in [1.54, 1.807) is 0 Å². The van der Waals surface area contributed by atoms with Gasteiger partial charge in [-0.1, -0.05) is 0 Å². The molecular weight excluding hydrogens is 294 g/mol. The van der Waals surface area contributed by atoms with Crippen molar-refractivity contribution in [3.63, 3.8) is 0 Å². The second kappa shape index (κ2) is 3.60. The second-order valence-corrected chi connectivity index (χ2v) is 6.09. The molecule has 0 aromatic rings. The van der Waals surface area contributed by atoms with Crippen LogP contribution in [0.4, 0.5) is 0 Å². The molecule has 0 aliphatic rings. The molecule has 0 amide bonds. The van der Waals surface area contributed by atoms with Crippen molar-refractivity contribution in [2.45, 2.75) is 11.0 Å². The van der Waals surface area contributed by atoms with Crippen LogP contribution < -0.4 is 17.2 Å². The zero-order chi connectivity index (χ0) is 4.28. The number of hydrogen-bond donors (Lipinski definition) is 1. The topological polar surface area (TPSA) is 20.2 Å². The van der Waals surface area contributed by atoms with Gasteiger partial charge in [0.1, 0.15) is 0 Å². The number of halogens is 2. The molecule has 0 radical (unpaired) electrons. The average molecular weight is 299 g/mol. The van der Waals surface area contributed by atoms with Crippen LogP contribution in [0.25, 0.3) is 0 Å². The third-order valence-corrected chi connectivity index (χ3v) is 5.37. The first-order chi connectivity index (χ1) is 2.27. The van der Waals surface area contributed by atoms with E-state index >= 15 is 0 Å². The minimum absolute atomic E-state index is 0.0191. The number of hydrogen-bond acceptors (Lipinski definition) is 1. The van der Waals surface area contributed by atoms with Crippen LogP contribution >= 0.6 is 18.6 Å². The van der Waals surface area contributed by atoms with E-state index < -0.39 is 0 Å². The van der Waals surface area contributed by atoms with Gasteiger partial charge >= 0.3 is 52.0 Å². The fourth-order valence-corrected chi connectivity index (χ4v) is 0. The molecule has 0 aromatic carbocycles. The van der Waals surface area contributed by atoms with E-state index in [1.807, 2.05) is 6.92 Å². The molecule has 0 saturated carbocycles. The van der Waals surface area contributed by atoms with Crippen LogP contribution in [0.2, 0.25) is 0 Å². The summed E-state index contributed by atoms with van der Waals surface area (Å²) in [5.41, 5.74) is 0. The van der Waals surface area contributed by atoms with Gasteiger partial charge in [0.25, 0.3) is 0 Å². The van der Waals surface area contributed by atoms with E-state index in [4.69, 9.17) is 5.11 Å². The molecule has 34 valence electrons. The molecule has 0 heterocycles. The normalized spacial score (nSPS) is 15.8. The fraction of sp³-hybridized carbons (Fsp3) is 1.00. The summed E-state index contributed by atoms with van der Waals surface area (Å²) in [7, 11) is 0. The zero-order valence-electron chi connectivity index (χ0n) is 2.78. The summed E-state index contributed by atoms with van der Waals surface area (Å²) in [6, 6.07) is 0. The van der Waals surface area contributed by atoms with Crippen molar-refractivity contribution in [2.24, 2.45) is 0 Å². The summed E-state index contributed by atoms with van der Waals surface area (Å²) in [5.74, 6) is 0. The van der Waals surface area contributed by atoms with Gasteiger partial charge in [0.05, 0.1) is 0 Å². The zero-order valence-corrected chi connectivity index (χ0v) is 7.10. The van der Waals surface area contributed by atoms with Gasteiger partial charge in [-0.3, -0.25) is 0 Å². The van der Waals surface area contributed by atoms with Crippen molar-refractivity contribution in [1.82, 2.24) is 0 Å². The summed E-state index contributed by atoms with van der Waals surface area (Å²) in [4.78, 5) is 0. The van der Waals surface area contributed by atoms with Gasteiger partial charge in [0.15, 0.2) is 0 Å². The van der Waals surface area contributed by atoms with Crippen LogP contribution in [-0.2, 0) is 0 Å². The number of aliphatic hydroxyl groups is 1. The summed E-state index contributed by atoms with van der Waals surface area (Å²) in [5, 5.41) is 8.40. The number of aliphatic hydroxyl groups excluding tert-OH is 1. The Labute approximate surface area is 51.6 Å². The van der Waals surface area contributed by atoms with Gasteiger partial charge in [-0.15, -0.1) is 0 Å². The van der Waals surface area contributed by atoms with Crippen molar-refractivity contribution in [1.29, 1.82) is 0 Å². The molecule has 0 aliphatic heterocycles. The average Bonchev–Trinajstić information content (AvgIpc) is 1.38. The Morgan fingerprint density at radius 3 is 2.20 bits per heavy atom. The summed E-state index contributed by atoms with van der Waals surface area (Å²) in [6.07, 6.45) is 0. The molecular formula is C2H5I2O-. The Hall–Kier alpha value is 1.42. The third-order valence-electron chi connectivity index (χ3n) is 0.119. The Morgan fingerprint density at radius 1 is 2.00 bits per heavy atom. The van der Waals surface area contributed by atoms with Crippen molar-refractivity contribution < 1.29 is 22.3 Å². The van der Waals surface area contributed by atoms with Gasteiger partial charge < -0.3 is 0 Å². The van der Waals surface area contributed by atoms with E-state index in [2.05, 4.69) is 18.6 Å². The van der Waals surface area contributed by atoms with Gasteiger partial charge in [0, 0.05) is 0 Å².